The van der Waals surface area contributed by atoms with Gasteiger partial charge >= 0.3 is 0 Å². The van der Waals surface area contributed by atoms with Crippen molar-refractivity contribution in [3.8, 4) is 0 Å². The largest absolute Gasteiger partial charge is 0.381 e. The second-order valence-electron chi connectivity index (χ2n) is 10.2. The fourth-order valence-corrected chi connectivity index (χ4v) is 4.43. The first-order chi connectivity index (χ1) is 12.7. The van der Waals surface area contributed by atoms with Crippen LogP contribution in [0.2, 0.25) is 0 Å². The van der Waals surface area contributed by atoms with Crippen molar-refractivity contribution < 1.29 is 19.8 Å². The second-order valence-corrected chi connectivity index (χ2v) is 10.2. The average Bonchev–Trinajstić information content (AvgIpc) is 3.39. The molecule has 8 nitrogen and oxygen atoms in total. The molecule has 3 fully saturated rings. The van der Waals surface area contributed by atoms with Crippen LogP contribution in [0.5, 0.6) is 0 Å². The molecule has 2 atom stereocenters. The molecular weight excluding hydrogens is 431 g/mol. The molecule has 0 bridgehead atoms. The number of primary amides is 2. The van der Waals surface area contributed by atoms with Crippen molar-refractivity contribution in [2.75, 3.05) is 0 Å². The zero-order valence-electron chi connectivity index (χ0n) is 18.1. The summed E-state index contributed by atoms with van der Waals surface area (Å²) in [6, 6.07) is 0. The summed E-state index contributed by atoms with van der Waals surface area (Å²) < 4.78 is 0. The van der Waals surface area contributed by atoms with Crippen molar-refractivity contribution >= 4 is 36.6 Å². The molecule has 0 aromatic heterocycles. The number of halogens is 2. The summed E-state index contributed by atoms with van der Waals surface area (Å²) in [5.74, 6) is -1.41. The van der Waals surface area contributed by atoms with Gasteiger partial charge in [-0.1, -0.05) is 13.8 Å². The van der Waals surface area contributed by atoms with Gasteiger partial charge in [-0.25, -0.2) is 0 Å². The molecule has 3 aliphatic rings. The number of hydrogen-bond donors (Lipinski definition) is 6. The van der Waals surface area contributed by atoms with Crippen LogP contribution in [-0.2, 0) is 9.59 Å². The summed E-state index contributed by atoms with van der Waals surface area (Å²) in [6.45, 7) is 4.34. The van der Waals surface area contributed by atoms with E-state index < -0.39 is 35.1 Å². The van der Waals surface area contributed by atoms with Crippen molar-refractivity contribution in [2.24, 2.45) is 33.8 Å². The van der Waals surface area contributed by atoms with Crippen molar-refractivity contribution in [2.45, 2.75) is 101 Å². The molecule has 0 radical (unpaired) electrons. The Morgan fingerprint density at radius 1 is 0.667 bits per heavy atom. The van der Waals surface area contributed by atoms with Crippen molar-refractivity contribution in [3.63, 3.8) is 0 Å². The Bertz CT molecular complexity index is 554. The number of nitrogens with two attached hydrogens (primary N) is 4. The molecule has 0 aromatic rings. The standard InChI is InChI=1S/C10H18N2O2.C10H20N2O2.2ClH/c11-8(14)7(13)10(12)5-3-9(1-2-9)4-6-10;1-9(2)3-5-10(12,6-4-9)7(13)8(11)14;;/h7,13H,1-6,12H2,(H2,11,14);7,13H,3-6,12H2,1-2H3,(H2,11,14);2*1H. The summed E-state index contributed by atoms with van der Waals surface area (Å²) in [6.07, 6.45) is 6.86. The molecule has 2 unspecified atom stereocenters. The predicted molar refractivity (Wildman–Crippen MR) is 121 cm³/mol. The first kappa shape index (κ1) is 29.4. The maximum atomic E-state index is 10.9. The highest BCUT2D eigenvalue weighted by atomic mass is 35.5. The molecule has 10 heteroatoms. The Labute approximate surface area is 191 Å². The minimum atomic E-state index is -1.21. The van der Waals surface area contributed by atoms with Crippen LogP contribution in [0.15, 0.2) is 0 Å². The van der Waals surface area contributed by atoms with Gasteiger partial charge in [-0.05, 0) is 75.0 Å². The van der Waals surface area contributed by atoms with E-state index in [0.717, 1.165) is 38.5 Å². The van der Waals surface area contributed by atoms with E-state index in [4.69, 9.17) is 22.9 Å². The summed E-state index contributed by atoms with van der Waals surface area (Å²) in [5.41, 5.74) is 21.3. The van der Waals surface area contributed by atoms with E-state index >= 15 is 0 Å². The number of hydrogen-bond acceptors (Lipinski definition) is 6. The zero-order chi connectivity index (χ0) is 21.4. The van der Waals surface area contributed by atoms with Crippen LogP contribution in [0.25, 0.3) is 0 Å². The lowest BCUT2D eigenvalue weighted by Gasteiger charge is -2.42. The molecule has 178 valence electrons. The third-order valence-electron chi connectivity index (χ3n) is 7.36. The van der Waals surface area contributed by atoms with E-state index in [0.29, 0.717) is 18.3 Å². The molecule has 3 rings (SSSR count). The first-order valence-electron chi connectivity index (χ1n) is 10.3. The molecule has 0 heterocycles. The summed E-state index contributed by atoms with van der Waals surface area (Å²) >= 11 is 0. The molecule has 3 saturated carbocycles. The van der Waals surface area contributed by atoms with Crippen LogP contribution >= 0.6 is 24.8 Å². The van der Waals surface area contributed by atoms with Crippen molar-refractivity contribution in [1.82, 2.24) is 0 Å². The molecule has 10 N–H and O–H groups in total. The molecule has 3 aliphatic carbocycles. The topological polar surface area (TPSA) is 179 Å². The van der Waals surface area contributed by atoms with Gasteiger partial charge in [0.25, 0.3) is 0 Å². The maximum absolute atomic E-state index is 10.9. The summed E-state index contributed by atoms with van der Waals surface area (Å²) in [5, 5.41) is 19.2. The molecule has 0 saturated heterocycles. The number of amides is 2. The van der Waals surface area contributed by atoms with E-state index in [1.165, 1.54) is 12.8 Å². The zero-order valence-corrected chi connectivity index (χ0v) is 19.7. The first-order valence-corrected chi connectivity index (χ1v) is 10.3. The Hall–Kier alpha value is -0.640. The molecule has 2 amide bonds. The highest BCUT2D eigenvalue weighted by Crippen LogP contribution is 2.57. The van der Waals surface area contributed by atoms with Crippen LogP contribution in [0, 0.1) is 10.8 Å². The number of carbonyl (C=O) groups excluding carboxylic acids is 2. The van der Waals surface area contributed by atoms with Gasteiger partial charge in [0, 0.05) is 0 Å². The normalized spacial score (nSPS) is 29.7. The number of aliphatic hydroxyl groups is 2. The van der Waals surface area contributed by atoms with Gasteiger partial charge in [0.05, 0.1) is 11.1 Å². The molecule has 0 aromatic carbocycles. The quantitative estimate of drug-likeness (QED) is 0.354. The highest BCUT2D eigenvalue weighted by molar-refractivity contribution is 5.85. The molecular formula is C20H40Cl2N4O4. The lowest BCUT2D eigenvalue weighted by Crippen LogP contribution is -2.58. The Morgan fingerprint density at radius 2 is 0.933 bits per heavy atom. The van der Waals surface area contributed by atoms with Crippen LogP contribution in [0.3, 0.4) is 0 Å². The van der Waals surface area contributed by atoms with Crippen LogP contribution in [0.4, 0.5) is 0 Å². The van der Waals surface area contributed by atoms with Gasteiger partial charge < -0.3 is 33.1 Å². The lowest BCUT2D eigenvalue weighted by atomic mass is 9.68. The lowest BCUT2D eigenvalue weighted by molar-refractivity contribution is -0.131. The van der Waals surface area contributed by atoms with Gasteiger partial charge in [-0.2, -0.15) is 0 Å². The maximum Gasteiger partial charge on any atom is 0.248 e. The van der Waals surface area contributed by atoms with Gasteiger partial charge in [-0.3, -0.25) is 9.59 Å². The average molecular weight is 471 g/mol. The van der Waals surface area contributed by atoms with Crippen LogP contribution < -0.4 is 22.9 Å². The van der Waals surface area contributed by atoms with Gasteiger partial charge in [0.2, 0.25) is 11.8 Å². The van der Waals surface area contributed by atoms with E-state index in [1.54, 1.807) is 0 Å². The summed E-state index contributed by atoms with van der Waals surface area (Å²) in [7, 11) is 0. The minimum absolute atomic E-state index is 0. The van der Waals surface area contributed by atoms with E-state index in [1.807, 2.05) is 0 Å². The smallest absolute Gasteiger partial charge is 0.248 e. The fourth-order valence-electron chi connectivity index (χ4n) is 4.43. The van der Waals surface area contributed by atoms with Crippen molar-refractivity contribution in [3.05, 3.63) is 0 Å². The van der Waals surface area contributed by atoms with Crippen LogP contribution in [-0.4, -0.2) is 45.3 Å². The van der Waals surface area contributed by atoms with E-state index in [-0.39, 0.29) is 30.2 Å². The second kappa shape index (κ2) is 10.3. The van der Waals surface area contributed by atoms with Crippen LogP contribution in [0.1, 0.15) is 78.1 Å². The number of rotatable bonds is 4. The molecule has 30 heavy (non-hydrogen) atoms. The Kier molecular flexibility index (Phi) is 10.1. The Morgan fingerprint density at radius 3 is 1.20 bits per heavy atom. The van der Waals surface area contributed by atoms with Gasteiger partial charge in [0.15, 0.2) is 0 Å². The van der Waals surface area contributed by atoms with Gasteiger partial charge in [-0.15, -0.1) is 24.8 Å². The number of carbonyl (C=O) groups is 2. The van der Waals surface area contributed by atoms with Crippen molar-refractivity contribution in [1.29, 1.82) is 0 Å². The molecule has 1 spiro atoms. The summed E-state index contributed by atoms with van der Waals surface area (Å²) in [4.78, 5) is 21.7. The SMILES string of the molecule is CC1(C)CCC(N)(C(O)C(N)=O)CC1.Cl.Cl.NC(=O)C(O)C1(N)CCC2(CC2)CC1. The van der Waals surface area contributed by atoms with Gasteiger partial charge in [0.1, 0.15) is 12.2 Å². The van der Waals surface area contributed by atoms with E-state index in [2.05, 4.69) is 13.8 Å². The third kappa shape index (κ3) is 6.93. The number of aliphatic hydroxyl groups excluding tert-OH is 2. The third-order valence-corrected chi connectivity index (χ3v) is 7.36. The van der Waals surface area contributed by atoms with E-state index in [9.17, 15) is 19.8 Å². The Balaban J connectivity index is 0.000000526. The molecule has 0 aliphatic heterocycles. The highest BCUT2D eigenvalue weighted by Gasteiger charge is 2.51. The predicted octanol–water partition coefficient (Wildman–Crippen LogP) is 0.858. The fraction of sp³-hybridized carbons (Fsp3) is 0.900. The minimum Gasteiger partial charge on any atom is -0.381 e. The monoisotopic (exact) mass is 470 g/mol.